The van der Waals surface area contributed by atoms with Gasteiger partial charge in [-0.15, -0.1) is 0 Å². The summed E-state index contributed by atoms with van der Waals surface area (Å²) >= 11 is 9.88. The zero-order valence-electron chi connectivity index (χ0n) is 20.1. The number of hydrogen-bond acceptors (Lipinski definition) is 5. The van der Waals surface area contributed by atoms with Crippen LogP contribution in [0.25, 0.3) is 0 Å². The molecule has 0 bridgehead atoms. The van der Waals surface area contributed by atoms with E-state index in [1.54, 1.807) is 7.11 Å². The smallest absolute Gasteiger partial charge is 0.254 e. The van der Waals surface area contributed by atoms with Gasteiger partial charge >= 0.3 is 0 Å². The molecule has 3 atom stereocenters. The maximum Gasteiger partial charge on any atom is 0.254 e. The molecule has 2 heterocycles. The van der Waals surface area contributed by atoms with E-state index in [0.29, 0.717) is 23.9 Å². The molecule has 33 heavy (non-hydrogen) atoms. The Morgan fingerprint density at radius 3 is 2.48 bits per heavy atom. The van der Waals surface area contributed by atoms with Gasteiger partial charge in [-0.3, -0.25) is 4.79 Å². The largest absolute Gasteiger partial charge is 0.496 e. The van der Waals surface area contributed by atoms with E-state index in [4.69, 9.17) is 25.8 Å². The Kier molecular flexibility index (Phi) is 8.55. The summed E-state index contributed by atoms with van der Waals surface area (Å²) in [4.78, 5) is 14.8. The fourth-order valence-corrected chi connectivity index (χ4v) is 5.53. The minimum absolute atomic E-state index is 0.0360. The van der Waals surface area contributed by atoms with Crippen LogP contribution in [0.1, 0.15) is 59.1 Å². The molecule has 2 fully saturated rings. The maximum atomic E-state index is 13.1. The van der Waals surface area contributed by atoms with Crippen molar-refractivity contribution in [2.45, 2.75) is 70.1 Å². The van der Waals surface area contributed by atoms with Crippen LogP contribution in [0.15, 0.2) is 16.6 Å². The quantitative estimate of drug-likeness (QED) is 0.546. The third-order valence-corrected chi connectivity index (χ3v) is 8.78. The predicted molar refractivity (Wildman–Crippen MR) is 134 cm³/mol. The standard InChI is InChI=1S/C23H34BrClN2O5S/c1-22(2,3)33(29)26-20(15-11-17(25)16(24)12-18(15)30-6)14-7-9-27(10-8-14)21(28)19-13-31-23(4,5)32-19/h11-12,14,19-20,26H,7-10,13H2,1-6H3/t19-,20-,33?/m1/s1. The number of methoxy groups -OCH3 is 1. The highest BCUT2D eigenvalue weighted by molar-refractivity contribution is 9.10. The molecule has 0 radical (unpaired) electrons. The predicted octanol–water partition coefficient (Wildman–Crippen LogP) is 4.59. The number of ether oxygens (including phenoxy) is 3. The molecule has 0 aromatic heterocycles. The first-order chi connectivity index (χ1) is 15.3. The molecule has 10 heteroatoms. The van der Waals surface area contributed by atoms with Crippen molar-refractivity contribution in [3.63, 3.8) is 0 Å². The van der Waals surface area contributed by atoms with Gasteiger partial charge < -0.3 is 19.1 Å². The zero-order valence-corrected chi connectivity index (χ0v) is 23.2. The van der Waals surface area contributed by atoms with Gasteiger partial charge in [0.2, 0.25) is 0 Å². The number of rotatable bonds is 6. The number of halogens is 2. The Balaban J connectivity index is 1.79. The lowest BCUT2D eigenvalue weighted by atomic mass is 9.85. The molecule has 0 aliphatic carbocycles. The monoisotopic (exact) mass is 564 g/mol. The first-order valence-electron chi connectivity index (χ1n) is 11.1. The van der Waals surface area contributed by atoms with Crippen LogP contribution in [0, 0.1) is 5.92 Å². The molecular weight excluding hydrogens is 532 g/mol. The van der Waals surface area contributed by atoms with Crippen molar-refractivity contribution in [3.05, 3.63) is 27.2 Å². The second-order valence-electron chi connectivity index (χ2n) is 9.96. The summed E-state index contributed by atoms with van der Waals surface area (Å²) in [7, 11) is 0.317. The van der Waals surface area contributed by atoms with E-state index in [-0.39, 0.29) is 24.5 Å². The van der Waals surface area contributed by atoms with Gasteiger partial charge in [0.05, 0.1) is 40.5 Å². The highest BCUT2D eigenvalue weighted by Gasteiger charge is 2.41. The molecule has 2 aliphatic heterocycles. The molecule has 0 spiro atoms. The lowest BCUT2D eigenvalue weighted by molar-refractivity contribution is -0.161. The van der Waals surface area contributed by atoms with Crippen molar-refractivity contribution < 1.29 is 23.2 Å². The fourth-order valence-electron chi connectivity index (χ4n) is 4.14. The summed E-state index contributed by atoms with van der Waals surface area (Å²) < 4.78 is 33.7. The molecule has 1 aromatic rings. The van der Waals surface area contributed by atoms with E-state index in [9.17, 15) is 9.00 Å². The van der Waals surface area contributed by atoms with Gasteiger partial charge in [-0.1, -0.05) is 11.6 Å². The van der Waals surface area contributed by atoms with Crippen LogP contribution in [0.4, 0.5) is 0 Å². The SMILES string of the molecule is COc1cc(Br)c(Cl)cc1[C@H](NS(=O)C(C)(C)C)C1CCN(C(=O)[C@H]2COC(C)(C)O2)CC1. The molecule has 1 amide bonds. The van der Waals surface area contributed by atoms with Crippen LogP contribution in [0.5, 0.6) is 5.75 Å². The molecule has 1 unspecified atom stereocenters. The molecule has 0 saturated carbocycles. The number of piperidine rings is 1. The Labute approximate surface area is 212 Å². The van der Waals surface area contributed by atoms with Gasteiger partial charge in [-0.05, 0) is 81.4 Å². The minimum Gasteiger partial charge on any atom is -0.496 e. The molecule has 186 valence electrons. The Morgan fingerprint density at radius 2 is 1.97 bits per heavy atom. The zero-order chi connectivity index (χ0) is 24.6. The van der Waals surface area contributed by atoms with Crippen LogP contribution in [-0.2, 0) is 25.3 Å². The normalized spacial score (nSPS) is 23.4. The topological polar surface area (TPSA) is 77.1 Å². The van der Waals surface area contributed by atoms with E-state index in [1.165, 1.54) is 0 Å². The average Bonchev–Trinajstić information content (AvgIpc) is 3.12. The number of hydrogen-bond donors (Lipinski definition) is 1. The van der Waals surface area contributed by atoms with Gasteiger partial charge in [-0.2, -0.15) is 0 Å². The van der Waals surface area contributed by atoms with Gasteiger partial charge in [0.1, 0.15) is 5.75 Å². The second-order valence-corrected chi connectivity index (χ2v) is 13.2. The maximum absolute atomic E-state index is 13.1. The number of amides is 1. The molecule has 7 nitrogen and oxygen atoms in total. The van der Waals surface area contributed by atoms with Crippen LogP contribution in [0.3, 0.4) is 0 Å². The Morgan fingerprint density at radius 1 is 1.33 bits per heavy atom. The van der Waals surface area contributed by atoms with Crippen LogP contribution in [0.2, 0.25) is 5.02 Å². The van der Waals surface area contributed by atoms with E-state index in [0.717, 1.165) is 22.9 Å². The summed E-state index contributed by atoms with van der Waals surface area (Å²) in [6.07, 6.45) is 0.932. The third kappa shape index (κ3) is 6.49. The number of nitrogens with zero attached hydrogens (tertiary/aromatic N) is 1. The first-order valence-corrected chi connectivity index (χ1v) is 13.5. The minimum atomic E-state index is -1.30. The van der Waals surface area contributed by atoms with E-state index >= 15 is 0 Å². The van der Waals surface area contributed by atoms with Crippen molar-refractivity contribution >= 4 is 44.4 Å². The van der Waals surface area contributed by atoms with Gasteiger partial charge in [-0.25, -0.2) is 8.93 Å². The number of nitrogens with one attached hydrogen (secondary N) is 1. The van der Waals surface area contributed by atoms with Crippen molar-refractivity contribution in [1.29, 1.82) is 0 Å². The molecule has 1 N–H and O–H groups in total. The van der Waals surface area contributed by atoms with Gasteiger partial charge in [0, 0.05) is 23.1 Å². The van der Waals surface area contributed by atoms with Crippen molar-refractivity contribution in [3.8, 4) is 5.75 Å². The molecular formula is C23H34BrClN2O5S. The third-order valence-electron chi connectivity index (χ3n) is 6.00. The van der Waals surface area contributed by atoms with Crippen molar-refractivity contribution in [1.82, 2.24) is 9.62 Å². The summed E-state index contributed by atoms with van der Waals surface area (Å²) in [6.45, 7) is 10.9. The van der Waals surface area contributed by atoms with Crippen LogP contribution in [-0.4, -0.2) is 58.5 Å². The van der Waals surface area contributed by atoms with Crippen molar-refractivity contribution in [2.75, 3.05) is 26.8 Å². The highest BCUT2D eigenvalue weighted by Crippen LogP contribution is 2.40. The highest BCUT2D eigenvalue weighted by atomic mass is 79.9. The number of likely N-dealkylation sites (tertiary alicyclic amines) is 1. The van der Waals surface area contributed by atoms with Gasteiger partial charge in [0.25, 0.3) is 5.91 Å². The second kappa shape index (κ2) is 10.5. The summed E-state index contributed by atoms with van der Waals surface area (Å²) in [5, 5.41) is 0.563. The molecule has 2 saturated heterocycles. The van der Waals surface area contributed by atoms with E-state index in [1.807, 2.05) is 51.7 Å². The molecule has 1 aromatic carbocycles. The molecule has 3 rings (SSSR count). The fraction of sp³-hybridized carbons (Fsp3) is 0.696. The van der Waals surface area contributed by atoms with E-state index in [2.05, 4.69) is 20.7 Å². The Bertz CT molecular complexity index is 900. The van der Waals surface area contributed by atoms with Gasteiger partial charge in [0.15, 0.2) is 11.9 Å². The number of carbonyl (C=O) groups excluding carboxylic acids is 1. The van der Waals surface area contributed by atoms with Crippen molar-refractivity contribution in [2.24, 2.45) is 5.92 Å². The number of benzene rings is 1. The lowest BCUT2D eigenvalue weighted by Crippen LogP contribution is -2.47. The molecule has 2 aliphatic rings. The lowest BCUT2D eigenvalue weighted by Gasteiger charge is -2.38. The number of carbonyl (C=O) groups is 1. The van der Waals surface area contributed by atoms with Crippen LogP contribution >= 0.6 is 27.5 Å². The summed E-state index contributed by atoms with van der Waals surface area (Å²) in [5.74, 6) is 0.0453. The summed E-state index contributed by atoms with van der Waals surface area (Å²) in [6, 6.07) is 3.46. The Hall–Kier alpha value is -0.710. The first kappa shape index (κ1) is 26.9. The average molecular weight is 566 g/mol. The van der Waals surface area contributed by atoms with E-state index < -0.39 is 27.6 Å². The van der Waals surface area contributed by atoms with Crippen LogP contribution < -0.4 is 9.46 Å². The summed E-state index contributed by atoms with van der Waals surface area (Å²) in [5.41, 5.74) is 0.863.